The van der Waals surface area contributed by atoms with Crippen molar-refractivity contribution in [3.63, 3.8) is 0 Å². The molecule has 9 heteroatoms. The van der Waals surface area contributed by atoms with Crippen molar-refractivity contribution in [2.45, 2.75) is 13.5 Å². The number of halogens is 1. The molecule has 0 aliphatic carbocycles. The van der Waals surface area contributed by atoms with Gasteiger partial charge in [0.05, 0.1) is 17.8 Å². The summed E-state index contributed by atoms with van der Waals surface area (Å²) < 4.78 is 0.452. The van der Waals surface area contributed by atoms with Crippen LogP contribution in [0.4, 0.5) is 0 Å². The third-order valence-electron chi connectivity index (χ3n) is 2.22. The highest BCUT2D eigenvalue weighted by atomic mass is 35.5. The van der Waals surface area contributed by atoms with Crippen LogP contribution in [0.1, 0.15) is 11.8 Å². The molecule has 1 aromatic heterocycles. The second-order valence-electron chi connectivity index (χ2n) is 4.07. The average Bonchev–Trinajstić information content (AvgIpc) is 2.76. The van der Waals surface area contributed by atoms with E-state index in [4.69, 9.17) is 11.6 Å². The Morgan fingerprint density at radius 1 is 1.65 bits per heavy atom. The molecule has 0 aliphatic rings. The van der Waals surface area contributed by atoms with Gasteiger partial charge in [0.1, 0.15) is 0 Å². The molecule has 1 aromatic rings. The van der Waals surface area contributed by atoms with Crippen molar-refractivity contribution in [2.24, 2.45) is 4.99 Å². The number of thiazole rings is 1. The summed E-state index contributed by atoms with van der Waals surface area (Å²) in [4.78, 5) is 22.7. The van der Waals surface area contributed by atoms with Crippen molar-refractivity contribution in [3.05, 3.63) is 37.7 Å². The van der Waals surface area contributed by atoms with E-state index < -0.39 is 4.92 Å². The Hall–Kier alpha value is -1.67. The lowest BCUT2D eigenvalue weighted by Gasteiger charge is -2.20. The maximum absolute atomic E-state index is 10.7. The quantitative estimate of drug-likeness (QED) is 0.334. The van der Waals surface area contributed by atoms with Gasteiger partial charge in [0.25, 0.3) is 6.20 Å². The number of aliphatic imine (C=N–C) groups is 1. The number of hydrogen-bond donors (Lipinski definition) is 0. The molecule has 7 nitrogen and oxygen atoms in total. The Morgan fingerprint density at radius 2 is 2.35 bits per heavy atom. The summed E-state index contributed by atoms with van der Waals surface area (Å²) in [5.74, 6) is 0.288. The summed E-state index contributed by atoms with van der Waals surface area (Å²) in [6.07, 6.45) is 4.08. The highest BCUT2D eigenvalue weighted by Crippen LogP contribution is 2.21. The maximum atomic E-state index is 10.7. The molecule has 0 fully saturated rings. The van der Waals surface area contributed by atoms with Gasteiger partial charge in [-0.3, -0.25) is 10.1 Å². The van der Waals surface area contributed by atoms with Crippen LogP contribution >= 0.6 is 22.9 Å². The van der Waals surface area contributed by atoms with Crippen LogP contribution in [0.2, 0.25) is 4.47 Å². The zero-order chi connectivity index (χ0) is 15.1. The lowest BCUT2D eigenvalue weighted by molar-refractivity contribution is -0.404. The second-order valence-corrected chi connectivity index (χ2v) is 5.77. The van der Waals surface area contributed by atoms with Crippen LogP contribution in [-0.4, -0.2) is 46.7 Å². The molecule has 1 rings (SSSR count). The van der Waals surface area contributed by atoms with Crippen LogP contribution in [0.25, 0.3) is 0 Å². The smallest absolute Gasteiger partial charge is 0.276 e. The van der Waals surface area contributed by atoms with Gasteiger partial charge in [-0.15, -0.1) is 11.3 Å². The first-order valence-corrected chi connectivity index (χ1v) is 7.03. The van der Waals surface area contributed by atoms with Gasteiger partial charge in [0, 0.05) is 31.7 Å². The SMILES string of the molecule is CCN(Cc1cnc(Cl)s1)C(=C[N+](=O)[O-])N=CN(C)C. The Balaban J connectivity index is 2.93. The van der Waals surface area contributed by atoms with Crippen molar-refractivity contribution in [1.82, 2.24) is 14.8 Å². The fourth-order valence-corrected chi connectivity index (χ4v) is 2.36. The Labute approximate surface area is 126 Å². The van der Waals surface area contributed by atoms with Crippen LogP contribution in [0, 0.1) is 10.1 Å². The Bertz CT molecular complexity index is 515. The number of nitrogens with zero attached hydrogens (tertiary/aromatic N) is 5. The molecule has 0 saturated heterocycles. The Morgan fingerprint density at radius 3 is 2.80 bits per heavy atom. The first-order valence-electron chi connectivity index (χ1n) is 5.83. The zero-order valence-corrected chi connectivity index (χ0v) is 13.1. The van der Waals surface area contributed by atoms with E-state index in [0.29, 0.717) is 17.6 Å². The molecule has 0 saturated carbocycles. The summed E-state index contributed by atoms with van der Waals surface area (Å²) in [6, 6.07) is 0. The van der Waals surface area contributed by atoms with E-state index in [9.17, 15) is 10.1 Å². The van der Waals surface area contributed by atoms with Gasteiger partial charge in [-0.1, -0.05) is 11.6 Å². The summed E-state index contributed by atoms with van der Waals surface area (Å²) in [5, 5.41) is 10.7. The highest BCUT2D eigenvalue weighted by Gasteiger charge is 2.13. The molecule has 0 amide bonds. The zero-order valence-electron chi connectivity index (χ0n) is 11.5. The van der Waals surface area contributed by atoms with Crippen LogP contribution in [0.3, 0.4) is 0 Å². The van der Waals surface area contributed by atoms with E-state index >= 15 is 0 Å². The fourth-order valence-electron chi connectivity index (χ4n) is 1.37. The molecule has 0 aliphatic heterocycles. The number of nitro groups is 1. The van der Waals surface area contributed by atoms with E-state index in [0.717, 1.165) is 11.1 Å². The standard InChI is InChI=1S/C11H16ClN5O2S/c1-4-16(6-9-5-13-11(12)20-9)10(7-17(18)19)14-8-15(2)3/h5,7-8H,4,6H2,1-3H3. The minimum absolute atomic E-state index is 0.288. The second kappa shape index (κ2) is 7.81. The maximum Gasteiger partial charge on any atom is 0.276 e. The van der Waals surface area contributed by atoms with Crippen LogP contribution in [0.5, 0.6) is 0 Å². The van der Waals surface area contributed by atoms with Gasteiger partial charge < -0.3 is 9.80 Å². The fraction of sp³-hybridized carbons (Fsp3) is 0.455. The van der Waals surface area contributed by atoms with Crippen molar-refractivity contribution >= 4 is 29.3 Å². The van der Waals surface area contributed by atoms with Gasteiger partial charge >= 0.3 is 0 Å². The summed E-state index contributed by atoms with van der Waals surface area (Å²) in [5.41, 5.74) is 0. The van der Waals surface area contributed by atoms with Crippen LogP contribution < -0.4 is 0 Å². The molecule has 1 heterocycles. The van der Waals surface area contributed by atoms with E-state index in [2.05, 4.69) is 9.98 Å². The molecule has 0 unspecified atom stereocenters. The minimum Gasteiger partial charge on any atom is -0.369 e. The van der Waals surface area contributed by atoms with Crippen LogP contribution in [-0.2, 0) is 6.54 Å². The molecule has 0 bridgehead atoms. The number of hydrogen-bond acceptors (Lipinski definition) is 6. The van der Waals surface area contributed by atoms with Crippen LogP contribution in [0.15, 0.2) is 23.2 Å². The molecule has 20 heavy (non-hydrogen) atoms. The molecule has 110 valence electrons. The van der Waals surface area contributed by atoms with Gasteiger partial charge in [0.15, 0.2) is 4.47 Å². The first kappa shape index (κ1) is 16.4. The molecule has 0 N–H and O–H groups in total. The topological polar surface area (TPSA) is 74.9 Å². The molecule has 0 aromatic carbocycles. The predicted octanol–water partition coefficient (Wildman–Crippen LogP) is 2.28. The molecule has 0 spiro atoms. The van der Waals surface area contributed by atoms with Gasteiger partial charge in [-0.25, -0.2) is 9.98 Å². The average molecular weight is 318 g/mol. The third kappa shape index (κ3) is 5.54. The molecular weight excluding hydrogens is 302 g/mol. The largest absolute Gasteiger partial charge is 0.369 e. The van der Waals surface area contributed by atoms with Crippen molar-refractivity contribution < 1.29 is 4.92 Å². The molecule has 0 radical (unpaired) electrons. The summed E-state index contributed by atoms with van der Waals surface area (Å²) in [7, 11) is 3.60. The Kier molecular flexibility index (Phi) is 6.40. The van der Waals surface area contributed by atoms with Crippen molar-refractivity contribution in [1.29, 1.82) is 0 Å². The highest BCUT2D eigenvalue weighted by molar-refractivity contribution is 7.15. The lowest BCUT2D eigenvalue weighted by Crippen LogP contribution is -2.22. The van der Waals surface area contributed by atoms with Crippen molar-refractivity contribution in [2.75, 3.05) is 20.6 Å². The van der Waals surface area contributed by atoms with Crippen molar-refractivity contribution in [3.8, 4) is 0 Å². The number of rotatable bonds is 7. The summed E-state index contributed by atoms with van der Waals surface area (Å²) >= 11 is 7.13. The summed E-state index contributed by atoms with van der Waals surface area (Å²) in [6.45, 7) is 2.97. The molecular formula is C11H16ClN5O2S. The monoisotopic (exact) mass is 317 g/mol. The van der Waals surface area contributed by atoms with Gasteiger partial charge in [0.2, 0.25) is 5.82 Å². The lowest BCUT2D eigenvalue weighted by atomic mass is 10.4. The predicted molar refractivity (Wildman–Crippen MR) is 80.5 cm³/mol. The van der Waals surface area contributed by atoms with Gasteiger partial charge in [-0.2, -0.15) is 0 Å². The normalized spacial score (nSPS) is 11.9. The molecule has 0 atom stereocenters. The minimum atomic E-state index is -0.509. The number of aromatic nitrogens is 1. The van der Waals surface area contributed by atoms with E-state index in [1.54, 1.807) is 30.1 Å². The van der Waals surface area contributed by atoms with E-state index in [1.807, 2.05) is 6.92 Å². The third-order valence-corrected chi connectivity index (χ3v) is 3.32. The van der Waals surface area contributed by atoms with E-state index in [1.165, 1.54) is 17.7 Å². The van der Waals surface area contributed by atoms with Gasteiger partial charge in [-0.05, 0) is 6.92 Å². The van der Waals surface area contributed by atoms with E-state index in [-0.39, 0.29) is 5.82 Å². The first-order chi connectivity index (χ1) is 9.42.